The lowest BCUT2D eigenvalue weighted by Gasteiger charge is -2.25. The second-order valence-corrected chi connectivity index (χ2v) is 6.01. The van der Waals surface area contributed by atoms with Crippen molar-refractivity contribution in [3.63, 3.8) is 0 Å². The lowest BCUT2D eigenvalue weighted by Crippen LogP contribution is -2.22. The van der Waals surface area contributed by atoms with Crippen LogP contribution in [0.2, 0.25) is 0 Å². The van der Waals surface area contributed by atoms with Crippen molar-refractivity contribution >= 4 is 0 Å². The summed E-state index contributed by atoms with van der Waals surface area (Å²) in [6, 6.07) is 17.5. The number of rotatable bonds is 5. The van der Waals surface area contributed by atoms with Gasteiger partial charge in [0, 0.05) is 12.6 Å². The molecule has 2 aromatic carbocycles. The molecule has 4 nitrogen and oxygen atoms in total. The molecule has 0 amide bonds. The highest BCUT2D eigenvalue weighted by molar-refractivity contribution is 5.34. The number of aryl methyl sites for hydroxylation is 1. The fraction of sp³-hybridized carbons (Fsp3) is 0.263. The third-order valence-electron chi connectivity index (χ3n) is 4.23. The van der Waals surface area contributed by atoms with Gasteiger partial charge in [-0.05, 0) is 44.2 Å². The van der Waals surface area contributed by atoms with Gasteiger partial charge in [0.15, 0.2) is 0 Å². The lowest BCUT2D eigenvalue weighted by atomic mass is 10.1. The summed E-state index contributed by atoms with van der Waals surface area (Å²) >= 11 is 0. The Labute approximate surface area is 137 Å². The Kier molecular flexibility index (Phi) is 4.53. The van der Waals surface area contributed by atoms with E-state index in [9.17, 15) is 0 Å². The molecule has 3 rings (SSSR count). The Hall–Kier alpha value is -2.46. The fourth-order valence-electron chi connectivity index (χ4n) is 2.74. The summed E-state index contributed by atoms with van der Waals surface area (Å²) in [6.45, 7) is 5.31. The van der Waals surface area contributed by atoms with E-state index in [1.807, 2.05) is 0 Å². The van der Waals surface area contributed by atoms with Crippen LogP contribution in [0.5, 0.6) is 0 Å². The van der Waals surface area contributed by atoms with E-state index in [0.29, 0.717) is 6.04 Å². The van der Waals surface area contributed by atoms with Crippen LogP contribution in [0, 0.1) is 6.92 Å². The molecule has 0 aliphatic heterocycles. The summed E-state index contributed by atoms with van der Waals surface area (Å²) in [6.07, 6.45) is 3.26. The van der Waals surface area contributed by atoms with E-state index in [1.54, 1.807) is 17.3 Å². The van der Waals surface area contributed by atoms with E-state index < -0.39 is 0 Å². The maximum atomic E-state index is 4.16. The predicted molar refractivity (Wildman–Crippen MR) is 92.4 cm³/mol. The smallest absolute Gasteiger partial charge is 0.138 e. The number of hydrogen-bond donors (Lipinski definition) is 0. The van der Waals surface area contributed by atoms with Crippen molar-refractivity contribution in [3.8, 4) is 5.69 Å². The molecule has 0 fully saturated rings. The molecule has 118 valence electrons. The number of hydrogen-bond acceptors (Lipinski definition) is 3. The van der Waals surface area contributed by atoms with Gasteiger partial charge in [0.05, 0.1) is 5.69 Å². The maximum absolute atomic E-state index is 4.16. The number of aromatic nitrogens is 3. The molecule has 1 atom stereocenters. The van der Waals surface area contributed by atoms with Crippen LogP contribution in [0.1, 0.15) is 29.7 Å². The first-order valence-corrected chi connectivity index (χ1v) is 7.84. The summed E-state index contributed by atoms with van der Waals surface area (Å²) in [4.78, 5) is 6.34. The fourth-order valence-corrected chi connectivity index (χ4v) is 2.74. The maximum Gasteiger partial charge on any atom is 0.138 e. The summed E-state index contributed by atoms with van der Waals surface area (Å²) in [5, 5.41) is 4.16. The molecule has 1 aromatic heterocycles. The van der Waals surface area contributed by atoms with E-state index in [4.69, 9.17) is 0 Å². The van der Waals surface area contributed by atoms with E-state index in [1.165, 1.54) is 16.7 Å². The highest BCUT2D eigenvalue weighted by atomic mass is 15.3. The number of benzene rings is 2. The van der Waals surface area contributed by atoms with Crippen molar-refractivity contribution in [1.29, 1.82) is 0 Å². The molecule has 0 saturated carbocycles. The standard InChI is InChI=1S/C19H22N4/c1-15-5-4-6-17(11-15)12-22(3)16(2)18-7-9-19(10-8-18)23-14-20-13-21-23/h4-11,13-14,16H,12H2,1-3H3. The first-order valence-electron chi connectivity index (χ1n) is 7.84. The van der Waals surface area contributed by atoms with Crippen LogP contribution in [-0.2, 0) is 6.54 Å². The molecule has 4 heteroatoms. The summed E-state index contributed by atoms with van der Waals surface area (Å²) in [7, 11) is 2.17. The van der Waals surface area contributed by atoms with Crippen LogP contribution in [0.4, 0.5) is 0 Å². The van der Waals surface area contributed by atoms with E-state index in [0.717, 1.165) is 12.2 Å². The monoisotopic (exact) mass is 306 g/mol. The zero-order chi connectivity index (χ0) is 16.2. The van der Waals surface area contributed by atoms with Gasteiger partial charge in [-0.1, -0.05) is 42.0 Å². The van der Waals surface area contributed by atoms with Crippen LogP contribution in [0.3, 0.4) is 0 Å². The van der Waals surface area contributed by atoms with Crippen LogP contribution >= 0.6 is 0 Å². The topological polar surface area (TPSA) is 34.0 Å². The van der Waals surface area contributed by atoms with Gasteiger partial charge in [-0.15, -0.1) is 0 Å². The van der Waals surface area contributed by atoms with Crippen molar-refractivity contribution in [2.75, 3.05) is 7.05 Å². The molecule has 0 radical (unpaired) electrons. The molecule has 0 bridgehead atoms. The highest BCUT2D eigenvalue weighted by Gasteiger charge is 2.12. The van der Waals surface area contributed by atoms with Gasteiger partial charge >= 0.3 is 0 Å². The van der Waals surface area contributed by atoms with Crippen LogP contribution in [-0.4, -0.2) is 26.7 Å². The van der Waals surface area contributed by atoms with E-state index >= 15 is 0 Å². The Balaban J connectivity index is 1.70. The minimum atomic E-state index is 0.348. The first kappa shape index (κ1) is 15.4. The van der Waals surface area contributed by atoms with Crippen LogP contribution < -0.4 is 0 Å². The third-order valence-corrected chi connectivity index (χ3v) is 4.23. The van der Waals surface area contributed by atoms with Gasteiger partial charge in [0.2, 0.25) is 0 Å². The summed E-state index contributed by atoms with van der Waals surface area (Å²) in [5.41, 5.74) is 4.98. The normalized spacial score (nSPS) is 12.5. The zero-order valence-electron chi connectivity index (χ0n) is 13.8. The predicted octanol–water partition coefficient (Wildman–Crippen LogP) is 3.77. The highest BCUT2D eigenvalue weighted by Crippen LogP contribution is 2.22. The van der Waals surface area contributed by atoms with Gasteiger partial charge in [-0.25, -0.2) is 9.67 Å². The molecule has 0 spiro atoms. The molecule has 3 aromatic rings. The second kappa shape index (κ2) is 6.75. The van der Waals surface area contributed by atoms with Crippen molar-refractivity contribution in [2.45, 2.75) is 26.4 Å². The largest absolute Gasteiger partial charge is 0.295 e. The lowest BCUT2D eigenvalue weighted by molar-refractivity contribution is 0.253. The Morgan fingerprint density at radius 2 is 1.91 bits per heavy atom. The van der Waals surface area contributed by atoms with Crippen LogP contribution in [0.15, 0.2) is 61.2 Å². The minimum absolute atomic E-state index is 0.348. The average molecular weight is 306 g/mol. The van der Waals surface area contributed by atoms with Gasteiger partial charge in [-0.3, -0.25) is 4.90 Å². The molecule has 1 heterocycles. The minimum Gasteiger partial charge on any atom is -0.295 e. The van der Waals surface area contributed by atoms with Crippen molar-refractivity contribution in [2.24, 2.45) is 0 Å². The molecule has 23 heavy (non-hydrogen) atoms. The number of nitrogens with zero attached hydrogens (tertiary/aromatic N) is 4. The zero-order valence-corrected chi connectivity index (χ0v) is 13.8. The van der Waals surface area contributed by atoms with Crippen molar-refractivity contribution in [1.82, 2.24) is 19.7 Å². The van der Waals surface area contributed by atoms with E-state index in [-0.39, 0.29) is 0 Å². The average Bonchev–Trinajstić information content (AvgIpc) is 3.09. The Bertz CT molecular complexity index is 747. The third kappa shape index (κ3) is 3.66. The quantitative estimate of drug-likeness (QED) is 0.719. The van der Waals surface area contributed by atoms with Gasteiger partial charge < -0.3 is 0 Å². The molecular weight excluding hydrogens is 284 g/mol. The molecular formula is C19H22N4. The SMILES string of the molecule is Cc1cccc(CN(C)C(C)c2ccc(-n3cncn3)cc2)c1. The van der Waals surface area contributed by atoms with Crippen molar-refractivity contribution in [3.05, 3.63) is 77.9 Å². The van der Waals surface area contributed by atoms with Gasteiger partial charge in [0.25, 0.3) is 0 Å². The molecule has 1 unspecified atom stereocenters. The molecule has 0 aliphatic carbocycles. The Morgan fingerprint density at radius 3 is 2.57 bits per heavy atom. The molecule has 0 aliphatic rings. The van der Waals surface area contributed by atoms with Crippen LogP contribution in [0.25, 0.3) is 5.69 Å². The second-order valence-electron chi connectivity index (χ2n) is 6.01. The van der Waals surface area contributed by atoms with E-state index in [2.05, 4.69) is 84.4 Å². The molecule has 0 saturated heterocycles. The van der Waals surface area contributed by atoms with Crippen molar-refractivity contribution < 1.29 is 0 Å². The first-order chi connectivity index (χ1) is 11.1. The molecule has 0 N–H and O–H groups in total. The Morgan fingerprint density at radius 1 is 1.13 bits per heavy atom. The summed E-state index contributed by atoms with van der Waals surface area (Å²) in [5.74, 6) is 0. The van der Waals surface area contributed by atoms with Gasteiger partial charge in [0.1, 0.15) is 12.7 Å². The summed E-state index contributed by atoms with van der Waals surface area (Å²) < 4.78 is 1.77. The van der Waals surface area contributed by atoms with Gasteiger partial charge in [-0.2, -0.15) is 5.10 Å².